The maximum atomic E-state index is 13.9. The Morgan fingerprint density at radius 1 is 0.909 bits per heavy atom. The molecule has 0 fully saturated rings. The lowest BCUT2D eigenvalue weighted by Crippen LogP contribution is -2.30. The molecule has 172 valence electrons. The van der Waals surface area contributed by atoms with E-state index in [4.69, 9.17) is 9.47 Å². The van der Waals surface area contributed by atoms with Crippen molar-refractivity contribution in [1.82, 2.24) is 5.32 Å². The van der Waals surface area contributed by atoms with E-state index < -0.39 is 29.6 Å². The molecule has 0 saturated carbocycles. The molecule has 0 aromatic heterocycles. The molecule has 0 aliphatic carbocycles. The van der Waals surface area contributed by atoms with Crippen LogP contribution in [0.1, 0.15) is 27.5 Å². The van der Waals surface area contributed by atoms with Crippen molar-refractivity contribution in [1.29, 1.82) is 0 Å². The van der Waals surface area contributed by atoms with Gasteiger partial charge in [-0.15, -0.1) is 0 Å². The lowest BCUT2D eigenvalue weighted by molar-refractivity contribution is -0.142. The number of benzene rings is 3. The van der Waals surface area contributed by atoms with Crippen molar-refractivity contribution in [3.63, 3.8) is 0 Å². The lowest BCUT2D eigenvalue weighted by Gasteiger charge is -2.20. The summed E-state index contributed by atoms with van der Waals surface area (Å²) in [5.41, 5.74) is 1.40. The number of hydrogen-bond acceptors (Lipinski definition) is 5. The Morgan fingerprint density at radius 3 is 2.30 bits per heavy atom. The fraction of sp³-hybridized carbons (Fsp3) is 0.200. The van der Waals surface area contributed by atoms with Gasteiger partial charge in [-0.05, 0) is 60.0 Å². The Labute approximate surface area is 190 Å². The predicted octanol–water partition coefficient (Wildman–Crippen LogP) is 4.24. The molecular formula is C25H23F2NO5. The molecule has 8 heteroatoms. The first kappa shape index (κ1) is 23.7. The van der Waals surface area contributed by atoms with Gasteiger partial charge in [0.25, 0.3) is 5.91 Å². The number of methoxy groups -OCH3 is 2. The smallest absolute Gasteiger partial charge is 0.343 e. The lowest BCUT2D eigenvalue weighted by atomic mass is 9.98. The third-order valence-electron chi connectivity index (χ3n) is 4.88. The Bertz CT molecular complexity index is 1140. The van der Waals surface area contributed by atoms with Crippen molar-refractivity contribution < 1.29 is 32.6 Å². The van der Waals surface area contributed by atoms with Crippen molar-refractivity contribution in [2.75, 3.05) is 20.8 Å². The normalized spacial score (nSPS) is 11.4. The van der Waals surface area contributed by atoms with Crippen molar-refractivity contribution in [3.8, 4) is 11.5 Å². The van der Waals surface area contributed by atoms with E-state index in [2.05, 4.69) is 10.1 Å². The number of halogens is 2. The first-order valence-electron chi connectivity index (χ1n) is 10.1. The van der Waals surface area contributed by atoms with E-state index in [9.17, 15) is 18.4 Å². The second kappa shape index (κ2) is 11.1. The number of carbonyl (C=O) groups is 2. The van der Waals surface area contributed by atoms with Gasteiger partial charge in [0.1, 0.15) is 11.6 Å². The van der Waals surface area contributed by atoms with Gasteiger partial charge in [-0.3, -0.25) is 4.79 Å². The van der Waals surface area contributed by atoms with E-state index in [1.807, 2.05) is 0 Å². The summed E-state index contributed by atoms with van der Waals surface area (Å²) >= 11 is 0. The highest BCUT2D eigenvalue weighted by atomic mass is 19.1. The minimum absolute atomic E-state index is 0.183. The standard InChI is InChI=1S/C25H23F2NO5/c1-31-22-10-9-18(14-23(22)33-15-24(29)32-2)25(30)28-21(17-6-4-8-20(27)13-17)12-16-5-3-7-19(26)11-16/h3-11,13-14,21H,12,15H2,1-2H3,(H,28,30). The Morgan fingerprint density at radius 2 is 1.64 bits per heavy atom. The fourth-order valence-electron chi connectivity index (χ4n) is 3.24. The van der Waals surface area contributed by atoms with E-state index >= 15 is 0 Å². The summed E-state index contributed by atoms with van der Waals surface area (Å²) in [5.74, 6) is -1.40. The minimum atomic E-state index is -0.628. The molecule has 3 aromatic carbocycles. The van der Waals surface area contributed by atoms with E-state index in [1.54, 1.807) is 24.3 Å². The van der Waals surface area contributed by atoms with E-state index in [0.29, 0.717) is 16.9 Å². The quantitative estimate of drug-likeness (QED) is 0.489. The molecule has 0 bridgehead atoms. The van der Waals surface area contributed by atoms with Crippen LogP contribution in [0, 0.1) is 11.6 Å². The first-order valence-corrected chi connectivity index (χ1v) is 10.1. The maximum absolute atomic E-state index is 13.9. The highest BCUT2D eigenvalue weighted by Crippen LogP contribution is 2.29. The third-order valence-corrected chi connectivity index (χ3v) is 4.88. The van der Waals surface area contributed by atoms with Crippen molar-refractivity contribution in [2.45, 2.75) is 12.5 Å². The molecule has 1 atom stereocenters. The molecule has 3 aromatic rings. The summed E-state index contributed by atoms with van der Waals surface area (Å²) in [6.45, 7) is -0.358. The molecule has 0 heterocycles. The Balaban J connectivity index is 1.86. The SMILES string of the molecule is COC(=O)COc1cc(C(=O)NC(Cc2cccc(F)c2)c2cccc(F)c2)ccc1OC. The average Bonchev–Trinajstić information content (AvgIpc) is 2.81. The largest absolute Gasteiger partial charge is 0.493 e. The summed E-state index contributed by atoms with van der Waals surface area (Å²) in [6.07, 6.45) is 0.245. The van der Waals surface area contributed by atoms with Gasteiger partial charge in [0.05, 0.1) is 20.3 Å². The zero-order chi connectivity index (χ0) is 23.8. The van der Waals surface area contributed by atoms with Gasteiger partial charge in [0, 0.05) is 5.56 Å². The number of esters is 1. The Kier molecular flexibility index (Phi) is 7.96. The number of nitrogens with one attached hydrogen (secondary N) is 1. The van der Waals surface area contributed by atoms with Crippen LogP contribution in [-0.4, -0.2) is 32.7 Å². The number of amides is 1. The molecule has 6 nitrogen and oxygen atoms in total. The maximum Gasteiger partial charge on any atom is 0.343 e. The van der Waals surface area contributed by atoms with E-state index in [0.717, 1.165) is 0 Å². The molecule has 1 N–H and O–H groups in total. The van der Waals surface area contributed by atoms with Gasteiger partial charge in [-0.25, -0.2) is 13.6 Å². The highest BCUT2D eigenvalue weighted by Gasteiger charge is 2.19. The molecule has 1 unspecified atom stereocenters. The summed E-state index contributed by atoms with van der Waals surface area (Å²) in [6, 6.07) is 15.7. The molecular weight excluding hydrogens is 432 g/mol. The van der Waals surface area contributed by atoms with Crippen LogP contribution in [0.4, 0.5) is 8.78 Å². The molecule has 0 aliphatic heterocycles. The van der Waals surface area contributed by atoms with Gasteiger partial charge in [-0.1, -0.05) is 24.3 Å². The van der Waals surface area contributed by atoms with Crippen LogP contribution < -0.4 is 14.8 Å². The van der Waals surface area contributed by atoms with Gasteiger partial charge in [0.2, 0.25) is 0 Å². The summed E-state index contributed by atoms with van der Waals surface area (Å²) in [5, 5.41) is 2.87. The molecule has 0 radical (unpaired) electrons. The molecule has 0 saturated heterocycles. The van der Waals surface area contributed by atoms with Crippen molar-refractivity contribution >= 4 is 11.9 Å². The molecule has 33 heavy (non-hydrogen) atoms. The van der Waals surface area contributed by atoms with Crippen LogP contribution in [0.2, 0.25) is 0 Å². The number of hydrogen-bond donors (Lipinski definition) is 1. The Hall–Kier alpha value is -3.94. The van der Waals surface area contributed by atoms with E-state index in [-0.39, 0.29) is 24.3 Å². The fourth-order valence-corrected chi connectivity index (χ4v) is 3.24. The van der Waals surface area contributed by atoms with E-state index in [1.165, 1.54) is 56.7 Å². The number of rotatable bonds is 9. The molecule has 0 spiro atoms. The predicted molar refractivity (Wildman–Crippen MR) is 117 cm³/mol. The van der Waals surface area contributed by atoms with Crippen LogP contribution in [-0.2, 0) is 16.0 Å². The van der Waals surface area contributed by atoms with Crippen molar-refractivity contribution in [3.05, 3.63) is 95.1 Å². The third kappa shape index (κ3) is 6.52. The summed E-state index contributed by atoms with van der Waals surface area (Å²) < 4.78 is 42.7. The second-order valence-electron chi connectivity index (χ2n) is 7.15. The van der Waals surface area contributed by atoms with Crippen LogP contribution in [0.25, 0.3) is 0 Å². The summed E-state index contributed by atoms with van der Waals surface area (Å²) in [7, 11) is 2.66. The minimum Gasteiger partial charge on any atom is -0.493 e. The number of ether oxygens (including phenoxy) is 3. The number of carbonyl (C=O) groups excluding carboxylic acids is 2. The van der Waals surface area contributed by atoms with Gasteiger partial charge in [0.15, 0.2) is 18.1 Å². The topological polar surface area (TPSA) is 73.9 Å². The van der Waals surface area contributed by atoms with Gasteiger partial charge >= 0.3 is 5.97 Å². The summed E-state index contributed by atoms with van der Waals surface area (Å²) in [4.78, 5) is 24.5. The van der Waals surface area contributed by atoms with Crippen LogP contribution in [0.3, 0.4) is 0 Å². The van der Waals surface area contributed by atoms with Crippen molar-refractivity contribution in [2.24, 2.45) is 0 Å². The van der Waals surface area contributed by atoms with Crippen LogP contribution >= 0.6 is 0 Å². The highest BCUT2D eigenvalue weighted by molar-refractivity contribution is 5.95. The average molecular weight is 455 g/mol. The zero-order valence-electron chi connectivity index (χ0n) is 18.1. The van der Waals surface area contributed by atoms with Gasteiger partial charge in [-0.2, -0.15) is 0 Å². The molecule has 0 aliphatic rings. The zero-order valence-corrected chi connectivity index (χ0v) is 18.1. The monoisotopic (exact) mass is 455 g/mol. The molecule has 1 amide bonds. The van der Waals surface area contributed by atoms with Gasteiger partial charge < -0.3 is 19.5 Å². The second-order valence-corrected chi connectivity index (χ2v) is 7.15. The van der Waals surface area contributed by atoms with Crippen LogP contribution in [0.5, 0.6) is 11.5 Å². The molecule has 3 rings (SSSR count). The first-order chi connectivity index (χ1) is 15.9. The van der Waals surface area contributed by atoms with Crippen LogP contribution in [0.15, 0.2) is 66.7 Å².